The van der Waals surface area contributed by atoms with Gasteiger partial charge in [-0.05, 0) is 43.7 Å². The zero-order valence-electron chi connectivity index (χ0n) is 13.5. The summed E-state index contributed by atoms with van der Waals surface area (Å²) in [4.78, 5) is 24.7. The van der Waals surface area contributed by atoms with Gasteiger partial charge in [-0.25, -0.2) is 0 Å². The van der Waals surface area contributed by atoms with Gasteiger partial charge in [0, 0.05) is 36.8 Å². The highest BCUT2D eigenvalue weighted by Crippen LogP contribution is 2.31. The summed E-state index contributed by atoms with van der Waals surface area (Å²) in [7, 11) is 2.02. The molecule has 1 fully saturated rings. The van der Waals surface area contributed by atoms with Crippen LogP contribution in [0.15, 0.2) is 42.6 Å². The van der Waals surface area contributed by atoms with Gasteiger partial charge in [-0.15, -0.1) is 0 Å². The van der Waals surface area contributed by atoms with Crippen LogP contribution in [0.1, 0.15) is 24.6 Å². The van der Waals surface area contributed by atoms with Crippen LogP contribution in [-0.2, 0) is 11.8 Å². The molecule has 1 amide bonds. The largest absolute Gasteiger partial charge is 0.353 e. The molecule has 2 heterocycles. The van der Waals surface area contributed by atoms with E-state index in [0.29, 0.717) is 12.2 Å². The molecule has 126 valence electrons. The molecule has 0 spiro atoms. The van der Waals surface area contributed by atoms with Gasteiger partial charge in [0.2, 0.25) is 5.91 Å². The molecule has 1 atom stereocenters. The van der Waals surface area contributed by atoms with Gasteiger partial charge in [0.05, 0.1) is 17.5 Å². The summed E-state index contributed by atoms with van der Waals surface area (Å²) in [6, 6.07) is 10.2. The number of nitrogens with one attached hydrogen (secondary N) is 1. The van der Waals surface area contributed by atoms with E-state index in [1.165, 1.54) is 17.8 Å². The number of nitrogens with zero attached hydrogens (tertiary/aromatic N) is 3. The van der Waals surface area contributed by atoms with E-state index in [9.17, 15) is 14.9 Å². The van der Waals surface area contributed by atoms with E-state index in [2.05, 4.69) is 20.9 Å². The van der Waals surface area contributed by atoms with Crippen molar-refractivity contribution in [2.75, 3.05) is 18.4 Å². The lowest BCUT2D eigenvalue weighted by Gasteiger charge is -2.24. The Kier molecular flexibility index (Phi) is 4.61. The summed E-state index contributed by atoms with van der Waals surface area (Å²) < 4.78 is 2.09. The second kappa shape index (κ2) is 6.84. The molecule has 7 heteroatoms. The third kappa shape index (κ3) is 3.46. The van der Waals surface area contributed by atoms with Gasteiger partial charge >= 0.3 is 0 Å². The fourth-order valence-electron chi connectivity index (χ4n) is 3.22. The van der Waals surface area contributed by atoms with Crippen molar-refractivity contribution in [1.29, 1.82) is 0 Å². The first kappa shape index (κ1) is 16.2. The van der Waals surface area contributed by atoms with E-state index in [-0.39, 0.29) is 17.6 Å². The molecule has 7 nitrogen and oxygen atoms in total. The number of amides is 1. The van der Waals surface area contributed by atoms with Gasteiger partial charge in [0.1, 0.15) is 0 Å². The number of likely N-dealkylation sites (tertiary alicyclic amines) is 1. The van der Waals surface area contributed by atoms with Gasteiger partial charge < -0.3 is 9.88 Å². The standard InChI is InChI=1S/C17H20N4O3/c1-19-10-2-4-15(19)16-5-3-11-20(16)12-17(22)18-13-6-8-14(9-7-13)21(23)24/h2,4,6-10,16H,3,5,11-12H2,1H3,(H,18,22)/t16-/m1/s1. The SMILES string of the molecule is Cn1cccc1[C@H]1CCCN1CC(=O)Nc1ccc([N+](=O)[O-])cc1. The molecule has 24 heavy (non-hydrogen) atoms. The Balaban J connectivity index is 1.62. The van der Waals surface area contributed by atoms with E-state index >= 15 is 0 Å². The van der Waals surface area contributed by atoms with E-state index in [1.807, 2.05) is 19.3 Å². The van der Waals surface area contributed by atoms with Gasteiger partial charge in [0.25, 0.3) is 5.69 Å². The number of aryl methyl sites for hydroxylation is 1. The summed E-state index contributed by atoms with van der Waals surface area (Å²) in [5.41, 5.74) is 1.80. The Hall–Kier alpha value is -2.67. The molecule has 0 aliphatic carbocycles. The first-order valence-corrected chi connectivity index (χ1v) is 7.94. The fraction of sp³-hybridized carbons (Fsp3) is 0.353. The number of aromatic nitrogens is 1. The summed E-state index contributed by atoms with van der Waals surface area (Å²) >= 11 is 0. The Labute approximate surface area is 140 Å². The minimum atomic E-state index is -0.458. The number of hydrogen-bond acceptors (Lipinski definition) is 4. The van der Waals surface area contributed by atoms with Gasteiger partial charge in [0.15, 0.2) is 0 Å². The number of anilines is 1. The molecule has 1 N–H and O–H groups in total. The highest BCUT2D eigenvalue weighted by molar-refractivity contribution is 5.92. The molecule has 0 saturated carbocycles. The zero-order chi connectivity index (χ0) is 17.1. The van der Waals surface area contributed by atoms with E-state index in [4.69, 9.17) is 0 Å². The Morgan fingerprint density at radius 2 is 2.08 bits per heavy atom. The molecular weight excluding hydrogens is 308 g/mol. The topological polar surface area (TPSA) is 80.4 Å². The number of nitro benzene ring substituents is 1. The maximum atomic E-state index is 12.3. The third-order valence-corrected chi connectivity index (χ3v) is 4.40. The van der Waals surface area contributed by atoms with E-state index < -0.39 is 4.92 Å². The summed E-state index contributed by atoms with van der Waals surface area (Å²) in [6.07, 6.45) is 4.13. The normalized spacial score (nSPS) is 17.8. The maximum Gasteiger partial charge on any atom is 0.269 e. The average molecular weight is 328 g/mol. The molecule has 2 aromatic rings. The molecular formula is C17H20N4O3. The smallest absolute Gasteiger partial charge is 0.269 e. The fourth-order valence-corrected chi connectivity index (χ4v) is 3.22. The molecule has 1 aliphatic rings. The van der Waals surface area contributed by atoms with Crippen molar-refractivity contribution >= 4 is 17.3 Å². The molecule has 1 aromatic heterocycles. The highest BCUT2D eigenvalue weighted by atomic mass is 16.6. The first-order valence-electron chi connectivity index (χ1n) is 7.94. The quantitative estimate of drug-likeness (QED) is 0.676. The van der Waals surface area contributed by atoms with Crippen LogP contribution < -0.4 is 5.32 Å². The van der Waals surface area contributed by atoms with Crippen LogP contribution in [0, 0.1) is 10.1 Å². The average Bonchev–Trinajstić information content (AvgIpc) is 3.16. The second-order valence-corrected chi connectivity index (χ2v) is 6.02. The predicted molar refractivity (Wildman–Crippen MR) is 90.7 cm³/mol. The van der Waals surface area contributed by atoms with Crippen molar-refractivity contribution in [1.82, 2.24) is 9.47 Å². The lowest BCUT2D eigenvalue weighted by molar-refractivity contribution is -0.384. The van der Waals surface area contributed by atoms with Crippen LogP contribution in [-0.4, -0.2) is 33.4 Å². The number of hydrogen-bond donors (Lipinski definition) is 1. The molecule has 1 saturated heterocycles. The van der Waals surface area contributed by atoms with Crippen molar-refractivity contribution in [2.24, 2.45) is 7.05 Å². The minimum Gasteiger partial charge on any atom is -0.353 e. The minimum absolute atomic E-state index is 0.0105. The number of benzene rings is 1. The molecule has 0 bridgehead atoms. The van der Waals surface area contributed by atoms with Gasteiger partial charge in [-0.2, -0.15) is 0 Å². The summed E-state index contributed by atoms with van der Waals surface area (Å²) in [5.74, 6) is -0.107. The lowest BCUT2D eigenvalue weighted by atomic mass is 10.1. The molecule has 0 unspecified atom stereocenters. The number of carbonyl (C=O) groups is 1. The zero-order valence-corrected chi connectivity index (χ0v) is 13.5. The Morgan fingerprint density at radius 3 is 2.71 bits per heavy atom. The molecule has 1 aliphatic heterocycles. The second-order valence-electron chi connectivity index (χ2n) is 6.02. The molecule has 1 aromatic carbocycles. The van der Waals surface area contributed by atoms with Crippen LogP contribution in [0.25, 0.3) is 0 Å². The monoisotopic (exact) mass is 328 g/mol. The van der Waals surface area contributed by atoms with E-state index in [1.54, 1.807) is 12.1 Å². The van der Waals surface area contributed by atoms with Crippen LogP contribution in [0.3, 0.4) is 0 Å². The van der Waals surface area contributed by atoms with Crippen molar-refractivity contribution in [3.63, 3.8) is 0 Å². The van der Waals surface area contributed by atoms with E-state index in [0.717, 1.165) is 19.4 Å². The van der Waals surface area contributed by atoms with Crippen molar-refractivity contribution in [2.45, 2.75) is 18.9 Å². The van der Waals surface area contributed by atoms with Crippen LogP contribution in [0.2, 0.25) is 0 Å². The van der Waals surface area contributed by atoms with Crippen LogP contribution >= 0.6 is 0 Å². The lowest BCUT2D eigenvalue weighted by Crippen LogP contribution is -2.33. The first-order chi connectivity index (χ1) is 11.5. The molecule has 3 rings (SSSR count). The maximum absolute atomic E-state index is 12.3. The van der Waals surface area contributed by atoms with Crippen molar-refractivity contribution in [3.8, 4) is 0 Å². The van der Waals surface area contributed by atoms with Gasteiger partial charge in [-0.1, -0.05) is 0 Å². The predicted octanol–water partition coefficient (Wildman–Crippen LogP) is 2.71. The number of rotatable bonds is 5. The Morgan fingerprint density at radius 1 is 1.33 bits per heavy atom. The molecule has 0 radical (unpaired) electrons. The van der Waals surface area contributed by atoms with Crippen LogP contribution in [0.4, 0.5) is 11.4 Å². The van der Waals surface area contributed by atoms with Crippen molar-refractivity contribution < 1.29 is 9.72 Å². The summed E-state index contributed by atoms with van der Waals surface area (Å²) in [6.45, 7) is 1.20. The number of non-ortho nitro benzene ring substituents is 1. The number of nitro groups is 1. The Bertz CT molecular complexity index is 739. The van der Waals surface area contributed by atoms with Crippen LogP contribution in [0.5, 0.6) is 0 Å². The highest BCUT2D eigenvalue weighted by Gasteiger charge is 2.28. The number of carbonyl (C=O) groups excluding carboxylic acids is 1. The van der Waals surface area contributed by atoms with Gasteiger partial charge in [-0.3, -0.25) is 19.8 Å². The third-order valence-electron chi connectivity index (χ3n) is 4.40. The summed E-state index contributed by atoms with van der Waals surface area (Å²) in [5, 5.41) is 13.5. The van der Waals surface area contributed by atoms with Crippen molar-refractivity contribution in [3.05, 3.63) is 58.4 Å².